The highest BCUT2D eigenvalue weighted by molar-refractivity contribution is 7.80. The van der Waals surface area contributed by atoms with Crippen molar-refractivity contribution >= 4 is 17.3 Å². The van der Waals surface area contributed by atoms with Crippen LogP contribution in [0.25, 0.3) is 0 Å². The Bertz CT molecular complexity index is 316. The fourth-order valence-electron chi connectivity index (χ4n) is 1.47. The molecule has 0 heterocycles. The Balaban J connectivity index is 2.04. The molecule has 0 unspecified atom stereocenters. The van der Waals surface area contributed by atoms with Crippen molar-refractivity contribution in [2.45, 2.75) is 19.3 Å². The summed E-state index contributed by atoms with van der Waals surface area (Å²) in [7, 11) is 0. The Hall–Kier alpha value is -1.13. The zero-order chi connectivity index (χ0) is 12.3. The third-order valence-corrected chi connectivity index (χ3v) is 2.70. The summed E-state index contributed by atoms with van der Waals surface area (Å²) < 4.78 is 0. The van der Waals surface area contributed by atoms with Gasteiger partial charge in [0.1, 0.15) is 0 Å². The van der Waals surface area contributed by atoms with E-state index in [0.717, 1.165) is 32.4 Å². The van der Waals surface area contributed by atoms with Crippen molar-refractivity contribution < 1.29 is 5.11 Å². The first kappa shape index (κ1) is 13.9. The first-order valence-corrected chi connectivity index (χ1v) is 6.40. The number of nitrogens with one attached hydrogen (secondary N) is 2. The molecule has 1 aromatic carbocycles. The van der Waals surface area contributed by atoms with Gasteiger partial charge in [-0.1, -0.05) is 30.3 Å². The lowest BCUT2D eigenvalue weighted by Crippen LogP contribution is -2.36. The van der Waals surface area contributed by atoms with Gasteiger partial charge in [-0.05, 0) is 37.0 Å². The van der Waals surface area contributed by atoms with Crippen molar-refractivity contribution in [2.24, 2.45) is 0 Å². The molecule has 0 spiro atoms. The van der Waals surface area contributed by atoms with Gasteiger partial charge in [0.2, 0.25) is 0 Å². The van der Waals surface area contributed by atoms with Gasteiger partial charge >= 0.3 is 0 Å². The summed E-state index contributed by atoms with van der Waals surface area (Å²) >= 11 is 5.13. The molecule has 3 N–H and O–H groups in total. The van der Waals surface area contributed by atoms with Crippen molar-refractivity contribution in [1.82, 2.24) is 10.6 Å². The Morgan fingerprint density at radius 1 is 1.06 bits per heavy atom. The van der Waals surface area contributed by atoms with Gasteiger partial charge in [-0.2, -0.15) is 0 Å². The lowest BCUT2D eigenvalue weighted by atomic mass is 10.1. The summed E-state index contributed by atoms with van der Waals surface area (Å²) in [6, 6.07) is 10.3. The molecule has 0 radical (unpaired) electrons. The van der Waals surface area contributed by atoms with E-state index in [4.69, 9.17) is 17.3 Å². The highest BCUT2D eigenvalue weighted by Gasteiger charge is 1.95. The van der Waals surface area contributed by atoms with Crippen LogP contribution in [0.1, 0.15) is 18.4 Å². The van der Waals surface area contributed by atoms with E-state index in [1.165, 1.54) is 5.56 Å². The summed E-state index contributed by atoms with van der Waals surface area (Å²) in [5.74, 6) is 0. The summed E-state index contributed by atoms with van der Waals surface area (Å²) in [6.07, 6.45) is 2.73. The number of rotatable bonds is 7. The first-order chi connectivity index (χ1) is 8.33. The van der Waals surface area contributed by atoms with Crippen LogP contribution < -0.4 is 10.6 Å². The van der Waals surface area contributed by atoms with Crippen molar-refractivity contribution in [3.8, 4) is 0 Å². The molecule has 0 bridgehead atoms. The maximum absolute atomic E-state index is 8.62. The maximum Gasteiger partial charge on any atom is 0.166 e. The molecule has 0 saturated heterocycles. The number of hydrogen-bond donors (Lipinski definition) is 3. The van der Waals surface area contributed by atoms with Gasteiger partial charge < -0.3 is 15.7 Å². The third kappa shape index (κ3) is 6.92. The van der Waals surface area contributed by atoms with Gasteiger partial charge in [-0.25, -0.2) is 0 Å². The number of unbranched alkanes of at least 4 members (excludes halogenated alkanes) is 1. The van der Waals surface area contributed by atoms with E-state index in [-0.39, 0.29) is 6.61 Å². The highest BCUT2D eigenvalue weighted by atomic mass is 32.1. The molecule has 0 aliphatic carbocycles. The molecule has 1 rings (SSSR count). The molecule has 0 amide bonds. The monoisotopic (exact) mass is 252 g/mol. The maximum atomic E-state index is 8.62. The molecular formula is C13H20N2OS. The molecule has 3 nitrogen and oxygen atoms in total. The van der Waals surface area contributed by atoms with Gasteiger partial charge in [-0.15, -0.1) is 0 Å². The van der Waals surface area contributed by atoms with Crippen LogP contribution in [0.4, 0.5) is 0 Å². The van der Waals surface area contributed by atoms with E-state index in [9.17, 15) is 0 Å². The van der Waals surface area contributed by atoms with Crippen LogP contribution in [0.2, 0.25) is 0 Å². The lowest BCUT2D eigenvalue weighted by molar-refractivity contribution is 0.285. The summed E-state index contributed by atoms with van der Waals surface area (Å²) in [5, 5.41) is 15.6. The Morgan fingerprint density at radius 2 is 1.76 bits per heavy atom. The van der Waals surface area contributed by atoms with Crippen LogP contribution in [0, 0.1) is 0 Å². The van der Waals surface area contributed by atoms with Crippen LogP contribution in [0.5, 0.6) is 0 Å². The standard InChI is InChI=1S/C13H20N2OS/c16-11-5-4-9-14-13(17)15-10-8-12-6-2-1-3-7-12/h1-3,6-7,16H,4-5,8-11H2,(H2,14,15,17). The molecule has 0 aliphatic rings. The molecule has 0 fully saturated rings. The van der Waals surface area contributed by atoms with Crippen molar-refractivity contribution in [1.29, 1.82) is 0 Å². The van der Waals surface area contributed by atoms with Gasteiger partial charge in [-0.3, -0.25) is 0 Å². The molecule has 0 aromatic heterocycles. The molecule has 4 heteroatoms. The predicted octanol–water partition coefficient (Wildman–Crippen LogP) is 1.47. The quantitative estimate of drug-likeness (QED) is 0.508. The summed E-state index contributed by atoms with van der Waals surface area (Å²) in [5.41, 5.74) is 1.31. The average molecular weight is 252 g/mol. The first-order valence-electron chi connectivity index (χ1n) is 5.99. The fourth-order valence-corrected chi connectivity index (χ4v) is 1.67. The normalized spacial score (nSPS) is 9.94. The number of aliphatic hydroxyl groups is 1. The number of aliphatic hydroxyl groups excluding tert-OH is 1. The molecular weight excluding hydrogens is 232 g/mol. The third-order valence-electron chi connectivity index (χ3n) is 2.41. The van der Waals surface area contributed by atoms with Gasteiger partial charge in [0, 0.05) is 19.7 Å². The minimum atomic E-state index is 0.246. The Morgan fingerprint density at radius 3 is 2.47 bits per heavy atom. The Labute approximate surface area is 108 Å². The number of benzene rings is 1. The molecule has 0 atom stereocenters. The van der Waals surface area contributed by atoms with Crippen LogP contribution in [-0.4, -0.2) is 29.9 Å². The van der Waals surface area contributed by atoms with Gasteiger partial charge in [0.05, 0.1) is 0 Å². The second-order valence-electron chi connectivity index (χ2n) is 3.85. The molecule has 94 valence electrons. The molecule has 17 heavy (non-hydrogen) atoms. The zero-order valence-corrected chi connectivity index (χ0v) is 10.8. The van der Waals surface area contributed by atoms with E-state index in [1.54, 1.807) is 0 Å². The van der Waals surface area contributed by atoms with E-state index in [0.29, 0.717) is 5.11 Å². The predicted molar refractivity (Wildman–Crippen MR) is 75.1 cm³/mol. The van der Waals surface area contributed by atoms with Gasteiger partial charge in [0.15, 0.2) is 5.11 Å². The van der Waals surface area contributed by atoms with E-state index in [2.05, 4.69) is 22.8 Å². The van der Waals surface area contributed by atoms with Crippen LogP contribution in [0.3, 0.4) is 0 Å². The number of hydrogen-bond acceptors (Lipinski definition) is 2. The largest absolute Gasteiger partial charge is 0.396 e. The fraction of sp³-hybridized carbons (Fsp3) is 0.462. The lowest BCUT2D eigenvalue weighted by Gasteiger charge is -2.10. The van der Waals surface area contributed by atoms with Crippen LogP contribution in [-0.2, 0) is 6.42 Å². The summed E-state index contributed by atoms with van der Waals surface area (Å²) in [6.45, 7) is 1.91. The molecule has 0 saturated carbocycles. The number of thiocarbonyl (C=S) groups is 1. The van der Waals surface area contributed by atoms with Crippen LogP contribution >= 0.6 is 12.2 Å². The minimum absolute atomic E-state index is 0.246. The topological polar surface area (TPSA) is 44.3 Å². The Kier molecular flexibility index (Phi) is 7.34. The average Bonchev–Trinajstić information content (AvgIpc) is 2.36. The van der Waals surface area contributed by atoms with Crippen molar-refractivity contribution in [3.05, 3.63) is 35.9 Å². The van der Waals surface area contributed by atoms with Crippen molar-refractivity contribution in [2.75, 3.05) is 19.7 Å². The van der Waals surface area contributed by atoms with E-state index >= 15 is 0 Å². The highest BCUT2D eigenvalue weighted by Crippen LogP contribution is 1.97. The second kappa shape index (κ2) is 8.96. The molecule has 1 aromatic rings. The molecule has 0 aliphatic heterocycles. The zero-order valence-electron chi connectivity index (χ0n) is 9.98. The second-order valence-corrected chi connectivity index (χ2v) is 4.26. The van der Waals surface area contributed by atoms with E-state index < -0.39 is 0 Å². The van der Waals surface area contributed by atoms with Crippen LogP contribution in [0.15, 0.2) is 30.3 Å². The summed E-state index contributed by atoms with van der Waals surface area (Å²) in [4.78, 5) is 0. The van der Waals surface area contributed by atoms with E-state index in [1.807, 2.05) is 18.2 Å². The van der Waals surface area contributed by atoms with Crippen molar-refractivity contribution in [3.63, 3.8) is 0 Å². The smallest absolute Gasteiger partial charge is 0.166 e. The SMILES string of the molecule is OCCCCNC(=S)NCCc1ccccc1. The van der Waals surface area contributed by atoms with Gasteiger partial charge in [0.25, 0.3) is 0 Å². The minimum Gasteiger partial charge on any atom is -0.396 e.